The molecule has 1 saturated heterocycles. The molecule has 2 atom stereocenters. The summed E-state index contributed by atoms with van der Waals surface area (Å²) >= 11 is 0. The van der Waals surface area contributed by atoms with Crippen molar-refractivity contribution in [2.75, 3.05) is 38.8 Å². The third-order valence-corrected chi connectivity index (χ3v) is 4.51. The number of amides is 2. The van der Waals surface area contributed by atoms with Crippen LogP contribution in [0.4, 0.5) is 4.79 Å². The Labute approximate surface area is 96.3 Å². The van der Waals surface area contributed by atoms with E-state index in [1.165, 1.54) is 4.90 Å². The predicted molar refractivity (Wildman–Crippen MR) is 62.0 cm³/mol. The highest BCUT2D eigenvalue weighted by Crippen LogP contribution is 2.16. The smallest absolute Gasteiger partial charge is 0.317 e. The Morgan fingerprint density at radius 2 is 2.38 bits per heavy atom. The Bertz CT molecular complexity index is 342. The third kappa shape index (κ3) is 3.64. The van der Waals surface area contributed by atoms with Crippen LogP contribution in [0.5, 0.6) is 0 Å². The molecule has 0 aromatic carbocycles. The van der Waals surface area contributed by atoms with Crippen LogP contribution in [0.15, 0.2) is 0 Å². The standard InChI is InChI=1S/C9H19N3O3S/c1-12(9(13)11-4-5-15-2)8-3-6-16(10,14)7-8/h8,10H,3-7H2,1-2H3,(H,11,13). The van der Waals surface area contributed by atoms with Crippen molar-refractivity contribution in [3.63, 3.8) is 0 Å². The highest BCUT2D eigenvalue weighted by molar-refractivity contribution is 7.92. The number of urea groups is 1. The quantitative estimate of drug-likeness (QED) is 0.693. The molecule has 2 amide bonds. The largest absolute Gasteiger partial charge is 0.383 e. The summed E-state index contributed by atoms with van der Waals surface area (Å²) in [6, 6.07) is -0.272. The molecule has 7 heteroatoms. The third-order valence-electron chi connectivity index (χ3n) is 2.69. The molecule has 0 spiro atoms. The summed E-state index contributed by atoms with van der Waals surface area (Å²) in [5.74, 6) is 0.689. The number of carbonyl (C=O) groups is 1. The summed E-state index contributed by atoms with van der Waals surface area (Å²) in [6.07, 6.45) is 0.649. The first kappa shape index (κ1) is 13.2. The number of nitrogens with zero attached hydrogens (tertiary/aromatic N) is 1. The van der Waals surface area contributed by atoms with Crippen LogP contribution in [-0.4, -0.2) is 60.0 Å². The lowest BCUT2D eigenvalue weighted by Gasteiger charge is -2.23. The maximum absolute atomic E-state index is 11.6. The normalized spacial score (nSPS) is 29.0. The summed E-state index contributed by atoms with van der Waals surface area (Å²) in [4.78, 5) is 13.2. The van der Waals surface area contributed by atoms with Gasteiger partial charge < -0.3 is 15.0 Å². The fraction of sp³-hybridized carbons (Fsp3) is 0.889. The Kier molecular flexibility index (Phi) is 4.55. The van der Waals surface area contributed by atoms with Gasteiger partial charge in [-0.05, 0) is 6.42 Å². The van der Waals surface area contributed by atoms with Gasteiger partial charge in [-0.25, -0.2) is 9.00 Å². The average molecular weight is 249 g/mol. The van der Waals surface area contributed by atoms with Gasteiger partial charge in [-0.2, -0.15) is 0 Å². The molecule has 0 radical (unpaired) electrons. The van der Waals surface area contributed by atoms with E-state index in [-0.39, 0.29) is 12.1 Å². The minimum Gasteiger partial charge on any atom is -0.383 e. The zero-order valence-electron chi connectivity index (χ0n) is 9.69. The lowest BCUT2D eigenvalue weighted by atomic mass is 10.2. The lowest BCUT2D eigenvalue weighted by Crippen LogP contribution is -2.44. The van der Waals surface area contributed by atoms with E-state index in [4.69, 9.17) is 9.52 Å². The van der Waals surface area contributed by atoms with Crippen LogP contribution in [0.3, 0.4) is 0 Å². The highest BCUT2D eigenvalue weighted by atomic mass is 32.2. The van der Waals surface area contributed by atoms with Crippen LogP contribution in [-0.2, 0) is 14.5 Å². The summed E-state index contributed by atoms with van der Waals surface area (Å²) in [7, 11) is 0.800. The average Bonchev–Trinajstić information content (AvgIpc) is 2.58. The van der Waals surface area contributed by atoms with Crippen molar-refractivity contribution in [1.82, 2.24) is 10.2 Å². The Morgan fingerprint density at radius 1 is 1.69 bits per heavy atom. The molecule has 1 heterocycles. The molecule has 2 N–H and O–H groups in total. The molecule has 0 bridgehead atoms. The fourth-order valence-electron chi connectivity index (χ4n) is 1.66. The molecule has 1 rings (SSSR count). The molecular weight excluding hydrogens is 230 g/mol. The van der Waals surface area contributed by atoms with Crippen LogP contribution < -0.4 is 5.32 Å². The van der Waals surface area contributed by atoms with Crippen molar-refractivity contribution in [1.29, 1.82) is 4.78 Å². The van der Waals surface area contributed by atoms with Gasteiger partial charge in [-0.3, -0.25) is 4.78 Å². The number of hydrogen-bond acceptors (Lipinski definition) is 4. The molecule has 0 aliphatic carbocycles. The van der Waals surface area contributed by atoms with E-state index in [0.717, 1.165) is 0 Å². The van der Waals surface area contributed by atoms with Crippen molar-refractivity contribution >= 4 is 15.8 Å². The minimum absolute atomic E-state index is 0.0763. The first-order valence-electron chi connectivity index (χ1n) is 5.20. The van der Waals surface area contributed by atoms with Gasteiger partial charge in [-0.1, -0.05) is 0 Å². The van der Waals surface area contributed by atoms with E-state index in [0.29, 0.717) is 31.1 Å². The Hall–Kier alpha value is -0.820. The van der Waals surface area contributed by atoms with E-state index in [2.05, 4.69) is 5.32 Å². The summed E-state index contributed by atoms with van der Waals surface area (Å²) in [6.45, 7) is 0.933. The number of methoxy groups -OCH3 is 1. The monoisotopic (exact) mass is 249 g/mol. The molecule has 94 valence electrons. The maximum Gasteiger partial charge on any atom is 0.317 e. The second-order valence-corrected chi connectivity index (χ2v) is 6.33. The molecule has 1 fully saturated rings. The maximum atomic E-state index is 11.6. The molecule has 0 aromatic heterocycles. The van der Waals surface area contributed by atoms with Gasteiger partial charge >= 0.3 is 6.03 Å². The first-order valence-corrected chi connectivity index (χ1v) is 7.09. The summed E-state index contributed by atoms with van der Waals surface area (Å²) < 4.78 is 23.8. The van der Waals surface area contributed by atoms with Crippen LogP contribution in [0.25, 0.3) is 0 Å². The predicted octanol–water partition coefficient (Wildman–Crippen LogP) is 0.0933. The Morgan fingerprint density at radius 3 is 2.88 bits per heavy atom. The topological polar surface area (TPSA) is 82.5 Å². The van der Waals surface area contributed by atoms with Crippen molar-refractivity contribution in [3.8, 4) is 0 Å². The lowest BCUT2D eigenvalue weighted by molar-refractivity contribution is 0.178. The molecule has 0 saturated carbocycles. The van der Waals surface area contributed by atoms with Crippen molar-refractivity contribution in [2.24, 2.45) is 0 Å². The molecule has 0 aromatic rings. The van der Waals surface area contributed by atoms with E-state index in [1.54, 1.807) is 14.2 Å². The van der Waals surface area contributed by atoms with Crippen LogP contribution >= 0.6 is 0 Å². The molecule has 2 unspecified atom stereocenters. The SMILES string of the molecule is COCCNC(=O)N(C)C1CCS(=N)(=O)C1. The van der Waals surface area contributed by atoms with E-state index in [9.17, 15) is 9.00 Å². The number of nitrogens with one attached hydrogen (secondary N) is 2. The van der Waals surface area contributed by atoms with Gasteiger partial charge in [0.2, 0.25) is 0 Å². The fourth-order valence-corrected chi connectivity index (χ4v) is 3.49. The van der Waals surface area contributed by atoms with Crippen molar-refractivity contribution < 1.29 is 13.7 Å². The zero-order chi connectivity index (χ0) is 12.2. The van der Waals surface area contributed by atoms with Gasteiger partial charge in [0.25, 0.3) is 0 Å². The van der Waals surface area contributed by atoms with Gasteiger partial charge in [0.05, 0.1) is 12.4 Å². The van der Waals surface area contributed by atoms with E-state index < -0.39 is 9.73 Å². The molecule has 16 heavy (non-hydrogen) atoms. The second-order valence-electron chi connectivity index (χ2n) is 3.96. The second kappa shape index (κ2) is 5.49. The number of hydrogen-bond donors (Lipinski definition) is 2. The Balaban J connectivity index is 2.40. The molecule has 1 aliphatic rings. The van der Waals surface area contributed by atoms with Gasteiger partial charge in [0, 0.05) is 42.2 Å². The van der Waals surface area contributed by atoms with Crippen LogP contribution in [0.2, 0.25) is 0 Å². The number of ether oxygens (including phenoxy) is 1. The molecule has 1 aliphatic heterocycles. The van der Waals surface area contributed by atoms with Gasteiger partial charge in [0.15, 0.2) is 0 Å². The van der Waals surface area contributed by atoms with E-state index >= 15 is 0 Å². The summed E-state index contributed by atoms with van der Waals surface area (Å²) in [5.41, 5.74) is 0. The van der Waals surface area contributed by atoms with Crippen LogP contribution in [0.1, 0.15) is 6.42 Å². The van der Waals surface area contributed by atoms with Crippen LogP contribution in [0, 0.1) is 4.78 Å². The molecule has 6 nitrogen and oxygen atoms in total. The van der Waals surface area contributed by atoms with Crippen molar-refractivity contribution in [2.45, 2.75) is 12.5 Å². The van der Waals surface area contributed by atoms with Crippen molar-refractivity contribution in [3.05, 3.63) is 0 Å². The zero-order valence-corrected chi connectivity index (χ0v) is 10.5. The number of rotatable bonds is 4. The minimum atomic E-state index is -2.45. The first-order chi connectivity index (χ1) is 7.46. The van der Waals surface area contributed by atoms with E-state index in [1.807, 2.05) is 0 Å². The van der Waals surface area contributed by atoms with Gasteiger partial charge in [-0.15, -0.1) is 0 Å². The van der Waals surface area contributed by atoms with Gasteiger partial charge in [0.1, 0.15) is 0 Å². The molecular formula is C9H19N3O3S. The highest BCUT2D eigenvalue weighted by Gasteiger charge is 2.30. The number of carbonyl (C=O) groups excluding carboxylic acids is 1. The summed E-state index contributed by atoms with van der Waals surface area (Å²) in [5, 5.41) is 2.70.